The van der Waals surface area contributed by atoms with Crippen molar-refractivity contribution in [1.82, 2.24) is 5.32 Å². The summed E-state index contributed by atoms with van der Waals surface area (Å²) in [5.74, 6) is -1.06. The molecule has 6 heteroatoms. The van der Waals surface area contributed by atoms with Gasteiger partial charge in [-0.2, -0.15) is 0 Å². The maximum Gasteiger partial charge on any atom is 0.341 e. The van der Waals surface area contributed by atoms with Gasteiger partial charge in [-0.15, -0.1) is 0 Å². The molecule has 4 nitrogen and oxygen atoms in total. The van der Waals surface area contributed by atoms with Gasteiger partial charge in [0.1, 0.15) is 0 Å². The monoisotopic (exact) mass is 391 g/mol. The van der Waals surface area contributed by atoms with Crippen molar-refractivity contribution in [3.05, 3.63) is 69.2 Å². The molecule has 1 N–H and O–H groups in total. The molecule has 0 saturated heterocycles. The molecule has 1 amide bonds. The Labute approximate surface area is 162 Å². The maximum absolute atomic E-state index is 12.5. The number of hydrogen-bond donors (Lipinski definition) is 1. The van der Waals surface area contributed by atoms with Crippen molar-refractivity contribution in [2.45, 2.75) is 38.3 Å². The number of aryl methyl sites for hydroxylation is 1. The number of halogens is 2. The highest BCUT2D eigenvalue weighted by atomic mass is 35.5. The summed E-state index contributed by atoms with van der Waals surface area (Å²) in [7, 11) is 0. The molecular weight excluding hydrogens is 373 g/mol. The lowest BCUT2D eigenvalue weighted by Crippen LogP contribution is -2.39. The fraction of sp³-hybridized carbons (Fsp3) is 0.300. The first-order valence-corrected chi connectivity index (χ1v) is 9.26. The highest BCUT2D eigenvalue weighted by Crippen LogP contribution is 2.30. The molecule has 2 aromatic carbocycles. The van der Waals surface area contributed by atoms with E-state index in [-0.39, 0.29) is 27.6 Å². The van der Waals surface area contributed by atoms with Gasteiger partial charge in [0.25, 0.3) is 5.91 Å². The summed E-state index contributed by atoms with van der Waals surface area (Å²) >= 11 is 12.0. The number of esters is 1. The molecule has 2 aromatic rings. The van der Waals surface area contributed by atoms with Crippen LogP contribution in [-0.4, -0.2) is 18.0 Å². The van der Waals surface area contributed by atoms with Crippen molar-refractivity contribution in [3.63, 3.8) is 0 Å². The lowest BCUT2D eigenvalue weighted by molar-refractivity contribution is -0.130. The number of carbonyl (C=O) groups is 2. The minimum Gasteiger partial charge on any atom is -0.449 e. The molecule has 2 unspecified atom stereocenters. The maximum atomic E-state index is 12.5. The van der Waals surface area contributed by atoms with Crippen LogP contribution in [0.5, 0.6) is 0 Å². The lowest BCUT2D eigenvalue weighted by Gasteiger charge is -2.27. The first kappa shape index (κ1) is 18.7. The molecule has 0 fully saturated rings. The number of benzene rings is 2. The fourth-order valence-corrected chi connectivity index (χ4v) is 3.71. The van der Waals surface area contributed by atoms with Gasteiger partial charge in [0, 0.05) is 0 Å². The van der Waals surface area contributed by atoms with Gasteiger partial charge in [-0.05, 0) is 49.4 Å². The molecule has 136 valence electrons. The molecule has 0 heterocycles. The van der Waals surface area contributed by atoms with E-state index in [0.717, 1.165) is 24.8 Å². The van der Waals surface area contributed by atoms with E-state index in [4.69, 9.17) is 27.9 Å². The average molecular weight is 392 g/mol. The lowest BCUT2D eigenvalue weighted by atomic mass is 9.87. The molecule has 0 aromatic heterocycles. The summed E-state index contributed by atoms with van der Waals surface area (Å²) in [6.45, 7) is 1.53. The second kappa shape index (κ2) is 8.11. The van der Waals surface area contributed by atoms with Crippen molar-refractivity contribution in [2.24, 2.45) is 0 Å². The van der Waals surface area contributed by atoms with Crippen LogP contribution in [0.3, 0.4) is 0 Å². The molecule has 3 rings (SSSR count). The molecule has 0 spiro atoms. The molecule has 0 saturated carbocycles. The van der Waals surface area contributed by atoms with Crippen molar-refractivity contribution >= 4 is 35.1 Å². The summed E-state index contributed by atoms with van der Waals surface area (Å²) in [5.41, 5.74) is 2.44. The van der Waals surface area contributed by atoms with Crippen LogP contribution in [0.2, 0.25) is 10.0 Å². The molecule has 0 bridgehead atoms. The van der Waals surface area contributed by atoms with Crippen LogP contribution in [-0.2, 0) is 16.0 Å². The van der Waals surface area contributed by atoms with Gasteiger partial charge in [-0.25, -0.2) is 4.79 Å². The van der Waals surface area contributed by atoms with E-state index in [0.29, 0.717) is 0 Å². The molecular formula is C20H19Cl2NO3. The molecule has 0 aliphatic heterocycles. The van der Waals surface area contributed by atoms with E-state index in [2.05, 4.69) is 11.4 Å². The Morgan fingerprint density at radius 3 is 2.54 bits per heavy atom. The minimum atomic E-state index is -0.955. The largest absolute Gasteiger partial charge is 0.449 e. The van der Waals surface area contributed by atoms with Crippen LogP contribution in [0.4, 0.5) is 0 Å². The minimum absolute atomic E-state index is 0.0681. The number of hydrogen-bond acceptors (Lipinski definition) is 3. The number of fused-ring (bicyclic) bond motifs is 1. The van der Waals surface area contributed by atoms with E-state index < -0.39 is 12.1 Å². The standard InChI is InChI=1S/C20H19Cl2NO3/c1-12(26-20(25)18-15(21)9-5-10-16(18)22)19(24)23-17-11-4-7-13-6-2-3-8-14(13)17/h2-3,5-6,8-10,12,17H,4,7,11H2,1H3,(H,23,24). The van der Waals surface area contributed by atoms with Crippen LogP contribution in [0.15, 0.2) is 42.5 Å². The quantitative estimate of drug-likeness (QED) is 0.766. The average Bonchev–Trinajstić information content (AvgIpc) is 2.61. The van der Waals surface area contributed by atoms with E-state index in [1.54, 1.807) is 18.2 Å². The Kier molecular flexibility index (Phi) is 5.84. The van der Waals surface area contributed by atoms with Crippen LogP contribution in [0, 0.1) is 0 Å². The molecule has 0 radical (unpaired) electrons. The van der Waals surface area contributed by atoms with Crippen molar-refractivity contribution < 1.29 is 14.3 Å². The van der Waals surface area contributed by atoms with Crippen LogP contribution >= 0.6 is 23.2 Å². The summed E-state index contributed by atoms with van der Waals surface area (Å²) in [6.07, 6.45) is 1.92. The summed E-state index contributed by atoms with van der Waals surface area (Å²) < 4.78 is 5.27. The van der Waals surface area contributed by atoms with Gasteiger partial charge in [-0.1, -0.05) is 53.5 Å². The van der Waals surface area contributed by atoms with E-state index >= 15 is 0 Å². The van der Waals surface area contributed by atoms with Gasteiger partial charge >= 0.3 is 5.97 Å². The first-order chi connectivity index (χ1) is 12.5. The van der Waals surface area contributed by atoms with Crippen LogP contribution < -0.4 is 5.32 Å². The number of carbonyl (C=O) groups excluding carboxylic acids is 2. The van der Waals surface area contributed by atoms with Gasteiger partial charge < -0.3 is 10.1 Å². The van der Waals surface area contributed by atoms with Crippen molar-refractivity contribution in [3.8, 4) is 0 Å². The van der Waals surface area contributed by atoms with Gasteiger partial charge in [0.15, 0.2) is 6.10 Å². The number of amides is 1. The summed E-state index contributed by atoms with van der Waals surface area (Å²) in [6, 6.07) is 12.7. The van der Waals surface area contributed by atoms with Crippen molar-refractivity contribution in [2.75, 3.05) is 0 Å². The first-order valence-electron chi connectivity index (χ1n) is 8.50. The van der Waals surface area contributed by atoms with E-state index in [1.807, 2.05) is 18.2 Å². The fourth-order valence-electron chi connectivity index (χ4n) is 3.16. The number of ether oxygens (including phenoxy) is 1. The van der Waals surface area contributed by atoms with Gasteiger partial charge in [0.05, 0.1) is 21.7 Å². The zero-order valence-corrected chi connectivity index (χ0v) is 15.8. The molecule has 1 aliphatic rings. The summed E-state index contributed by atoms with van der Waals surface area (Å²) in [4.78, 5) is 24.8. The highest BCUT2D eigenvalue weighted by Gasteiger charge is 2.26. The van der Waals surface area contributed by atoms with E-state index in [9.17, 15) is 9.59 Å². The third-order valence-electron chi connectivity index (χ3n) is 4.51. The molecule has 1 aliphatic carbocycles. The van der Waals surface area contributed by atoms with Crippen LogP contribution in [0.25, 0.3) is 0 Å². The van der Waals surface area contributed by atoms with Gasteiger partial charge in [-0.3, -0.25) is 4.79 Å². The van der Waals surface area contributed by atoms with Crippen molar-refractivity contribution in [1.29, 1.82) is 0 Å². The number of rotatable bonds is 4. The smallest absolute Gasteiger partial charge is 0.341 e. The SMILES string of the molecule is CC(OC(=O)c1c(Cl)cccc1Cl)C(=O)NC1CCCc2ccccc21. The normalized spacial score (nSPS) is 17.1. The summed E-state index contributed by atoms with van der Waals surface area (Å²) in [5, 5.41) is 3.36. The predicted octanol–water partition coefficient (Wildman–Crippen LogP) is 4.73. The Morgan fingerprint density at radius 1 is 1.12 bits per heavy atom. The predicted molar refractivity (Wildman–Crippen MR) is 102 cm³/mol. The van der Waals surface area contributed by atoms with Crippen LogP contribution in [0.1, 0.15) is 47.3 Å². The molecule has 26 heavy (non-hydrogen) atoms. The Hall–Kier alpha value is -2.04. The third-order valence-corrected chi connectivity index (χ3v) is 5.14. The molecule has 2 atom stereocenters. The second-order valence-electron chi connectivity index (χ2n) is 6.30. The zero-order valence-electron chi connectivity index (χ0n) is 14.3. The number of nitrogens with one attached hydrogen (secondary N) is 1. The topological polar surface area (TPSA) is 55.4 Å². The Balaban J connectivity index is 1.67. The Morgan fingerprint density at radius 2 is 1.81 bits per heavy atom. The Bertz CT molecular complexity index is 817. The second-order valence-corrected chi connectivity index (χ2v) is 7.11. The highest BCUT2D eigenvalue weighted by molar-refractivity contribution is 6.39. The van der Waals surface area contributed by atoms with Gasteiger partial charge in [0.2, 0.25) is 0 Å². The van der Waals surface area contributed by atoms with E-state index in [1.165, 1.54) is 12.5 Å². The third kappa shape index (κ3) is 4.02. The zero-order chi connectivity index (χ0) is 18.7.